The molecule has 6 N–H and O–H groups in total. The van der Waals surface area contributed by atoms with E-state index in [1.807, 2.05) is 112 Å². The fourth-order valence-corrected chi connectivity index (χ4v) is 6.53. The van der Waals surface area contributed by atoms with Crippen molar-refractivity contribution in [1.29, 1.82) is 0 Å². The molecule has 1 aliphatic rings. The lowest BCUT2D eigenvalue weighted by Crippen LogP contribution is -2.78. The average molecular weight is 821 g/mol. The number of pyridine rings is 1. The number of carbonyl (C=O) groups is 1. The van der Waals surface area contributed by atoms with Crippen LogP contribution in [0.2, 0.25) is 0 Å². The van der Waals surface area contributed by atoms with Gasteiger partial charge in [-0.15, -0.1) is 0 Å². The van der Waals surface area contributed by atoms with Gasteiger partial charge in [0.25, 0.3) is 11.7 Å². The van der Waals surface area contributed by atoms with Crippen molar-refractivity contribution in [3.63, 3.8) is 0 Å². The third kappa shape index (κ3) is 12.6. The second-order valence-electron chi connectivity index (χ2n) is 13.4. The van der Waals surface area contributed by atoms with Crippen molar-refractivity contribution in [2.75, 3.05) is 29.5 Å². The van der Waals surface area contributed by atoms with Crippen LogP contribution >= 0.6 is 0 Å². The molecule has 2 heterocycles. The van der Waals surface area contributed by atoms with E-state index in [1.54, 1.807) is 24.3 Å². The molecule has 5 aromatic carbocycles. The monoisotopic (exact) mass is 820 g/mol. The van der Waals surface area contributed by atoms with Crippen molar-refractivity contribution in [1.82, 2.24) is 5.32 Å². The van der Waals surface area contributed by atoms with Crippen LogP contribution in [0.3, 0.4) is 0 Å². The Hall–Kier alpha value is -6.39. The van der Waals surface area contributed by atoms with Gasteiger partial charge in [-0.05, 0) is 98.3 Å². The summed E-state index contributed by atoms with van der Waals surface area (Å²) in [4.78, 5) is 15.7. The summed E-state index contributed by atoms with van der Waals surface area (Å²) in [6, 6.07) is 34.7. The molecule has 0 radical (unpaired) electrons. The first kappa shape index (κ1) is 42.7. The molecule has 300 valence electrons. The van der Waals surface area contributed by atoms with E-state index in [4.69, 9.17) is 5.73 Å². The number of fused-ring (bicyclic) bond motifs is 1. The molecular weight excluding hydrogens is 777 g/mol. The maximum atomic E-state index is 12.7. The van der Waals surface area contributed by atoms with Crippen LogP contribution < -0.4 is 31.2 Å². The van der Waals surface area contributed by atoms with Gasteiger partial charge in [0.1, 0.15) is 27.3 Å². The molecule has 0 spiro atoms. The highest BCUT2D eigenvalue weighted by molar-refractivity contribution is 7.86. The first-order chi connectivity index (χ1) is 27.5. The second kappa shape index (κ2) is 19.2. The number of anilines is 4. The molecule has 0 aliphatic carbocycles. The molecule has 0 saturated carbocycles. The number of amides is 1. The summed E-state index contributed by atoms with van der Waals surface area (Å²) >= 11 is 0. The number of nitrogen functional groups attached to an aromatic ring is 1. The van der Waals surface area contributed by atoms with Gasteiger partial charge < -0.3 is 25.5 Å². The Balaban J connectivity index is 0.000000236. The van der Waals surface area contributed by atoms with Gasteiger partial charge in [0, 0.05) is 47.3 Å². The van der Waals surface area contributed by atoms with Crippen LogP contribution in [0.4, 0.5) is 22.7 Å². The first-order valence-corrected chi connectivity index (χ1v) is 20.9. The minimum atomic E-state index is -4.27. The minimum Gasteiger partial charge on any atom is -0.744 e. The number of nitrogens with two attached hydrogens (primary N) is 1. The molecule has 0 bridgehead atoms. The SMILES string of the molecule is C[n+]1ccc(Nc2ccc(NC(=O)c3ccc(/C=C/C4=[NH+]CCCN4)cc3)cc2)c2cc(N)ccc21.Cc1ccc(S(=O)(=O)[O-])cc1.Cc1ccc(S(=O)(=O)[O-])cc1. The van der Waals surface area contributed by atoms with Crippen LogP contribution in [0.5, 0.6) is 0 Å². The summed E-state index contributed by atoms with van der Waals surface area (Å²) in [5.41, 5.74) is 13.9. The van der Waals surface area contributed by atoms with E-state index in [1.165, 1.54) is 24.3 Å². The van der Waals surface area contributed by atoms with E-state index in [2.05, 4.69) is 25.5 Å². The summed E-state index contributed by atoms with van der Waals surface area (Å²) < 4.78 is 64.4. The topological polar surface area (TPSA) is 211 Å². The molecule has 15 heteroatoms. The maximum absolute atomic E-state index is 12.7. The lowest BCUT2D eigenvalue weighted by atomic mass is 10.1. The van der Waals surface area contributed by atoms with Gasteiger partial charge in [-0.3, -0.25) is 15.1 Å². The number of hydrogen-bond acceptors (Lipinski definition) is 10. The van der Waals surface area contributed by atoms with Gasteiger partial charge in [-0.25, -0.2) is 21.4 Å². The molecule has 1 aliphatic heterocycles. The maximum Gasteiger partial charge on any atom is 0.267 e. The van der Waals surface area contributed by atoms with Crippen LogP contribution in [0, 0.1) is 13.8 Å². The molecular formula is C43H44N6O7S2. The fourth-order valence-electron chi connectivity index (χ4n) is 5.59. The van der Waals surface area contributed by atoms with Gasteiger partial charge in [-0.2, -0.15) is 0 Å². The Morgan fingerprint density at radius 2 is 1.33 bits per heavy atom. The third-order valence-electron chi connectivity index (χ3n) is 8.80. The van der Waals surface area contributed by atoms with Crippen molar-refractivity contribution in [2.45, 2.75) is 30.1 Å². The van der Waals surface area contributed by atoms with Crippen LogP contribution in [0.1, 0.15) is 33.5 Å². The molecule has 0 fully saturated rings. The lowest BCUT2D eigenvalue weighted by molar-refractivity contribution is -0.644. The summed E-state index contributed by atoms with van der Waals surface area (Å²) in [6.45, 7) is 5.61. The van der Waals surface area contributed by atoms with Gasteiger partial charge in [-0.1, -0.05) is 47.5 Å². The van der Waals surface area contributed by atoms with Gasteiger partial charge in [0.2, 0.25) is 5.52 Å². The van der Waals surface area contributed by atoms with E-state index in [-0.39, 0.29) is 15.7 Å². The zero-order valence-electron chi connectivity index (χ0n) is 32.1. The summed E-state index contributed by atoms with van der Waals surface area (Å²) in [7, 11) is -6.53. The summed E-state index contributed by atoms with van der Waals surface area (Å²) in [5.74, 6) is 0.882. The van der Waals surface area contributed by atoms with Crippen molar-refractivity contribution in [3.05, 3.63) is 156 Å². The number of benzene rings is 5. The predicted octanol–water partition coefficient (Wildman–Crippen LogP) is 4.53. The quantitative estimate of drug-likeness (QED) is 0.0823. The average Bonchev–Trinajstić information content (AvgIpc) is 3.19. The molecule has 58 heavy (non-hydrogen) atoms. The largest absolute Gasteiger partial charge is 0.744 e. The Labute approximate surface area is 338 Å². The molecule has 0 unspecified atom stereocenters. The number of aromatic nitrogens is 1. The van der Waals surface area contributed by atoms with E-state index in [0.717, 1.165) is 75.7 Å². The number of nitrogens with one attached hydrogen (secondary N) is 4. The smallest absolute Gasteiger partial charge is 0.267 e. The Morgan fingerprint density at radius 3 is 1.86 bits per heavy atom. The number of carbonyl (C=O) groups excluding carboxylic acids is 1. The summed E-state index contributed by atoms with van der Waals surface area (Å²) in [6.07, 6.45) is 7.19. The molecule has 13 nitrogen and oxygen atoms in total. The van der Waals surface area contributed by atoms with Crippen LogP contribution in [0.25, 0.3) is 17.0 Å². The molecule has 1 amide bonds. The predicted molar refractivity (Wildman–Crippen MR) is 224 cm³/mol. The third-order valence-corrected chi connectivity index (χ3v) is 10.5. The molecule has 0 saturated heterocycles. The minimum absolute atomic E-state index is 0.145. The Kier molecular flexibility index (Phi) is 14.1. The number of hydrogen-bond donors (Lipinski definition) is 5. The number of amidine groups is 1. The lowest BCUT2D eigenvalue weighted by Gasteiger charge is -2.11. The summed E-state index contributed by atoms with van der Waals surface area (Å²) in [5, 5.41) is 10.8. The molecule has 7 rings (SSSR count). The zero-order chi connectivity index (χ0) is 41.9. The number of rotatable bonds is 8. The molecule has 0 atom stereocenters. The Morgan fingerprint density at radius 1 is 0.759 bits per heavy atom. The number of aryl methyl sites for hydroxylation is 3. The van der Waals surface area contributed by atoms with Crippen molar-refractivity contribution in [3.8, 4) is 0 Å². The molecule has 1 aromatic heterocycles. The van der Waals surface area contributed by atoms with E-state index >= 15 is 0 Å². The highest BCUT2D eigenvalue weighted by Gasteiger charge is 2.12. The van der Waals surface area contributed by atoms with Crippen molar-refractivity contribution in [2.24, 2.45) is 7.05 Å². The standard InChI is InChI=1S/C29H28N6O.2C7H8O3S/c1-35-18-15-26(25-19-22(30)8-13-27(25)35)33-23-9-11-24(12-10-23)34-29(36)21-6-3-20(4-7-21)5-14-28-31-16-2-17-32-28;2*1-6-2-4-7(5-3-6)11(8,9)10/h3-15,18-19H,2,16-17,30H2,1H3,(H2,31,32,34,36);2*2-5H,1H3,(H,8,9,10)/b14-5+;;. The zero-order valence-corrected chi connectivity index (χ0v) is 33.7. The highest BCUT2D eigenvalue weighted by atomic mass is 32.2. The van der Waals surface area contributed by atoms with Gasteiger partial charge >= 0.3 is 0 Å². The number of nitrogens with zero attached hydrogens (tertiary/aromatic N) is 1. The van der Waals surface area contributed by atoms with E-state index in [0.29, 0.717) is 5.56 Å². The van der Waals surface area contributed by atoms with E-state index < -0.39 is 20.2 Å². The normalized spacial score (nSPS) is 12.6. The van der Waals surface area contributed by atoms with Gasteiger partial charge in [0.15, 0.2) is 6.20 Å². The van der Waals surface area contributed by atoms with E-state index in [9.17, 15) is 30.7 Å². The molecule has 6 aromatic rings. The van der Waals surface area contributed by atoms with Crippen molar-refractivity contribution >= 4 is 71.7 Å². The highest BCUT2D eigenvalue weighted by Crippen LogP contribution is 2.27. The first-order valence-electron chi connectivity index (χ1n) is 18.1. The van der Waals surface area contributed by atoms with Crippen LogP contribution in [-0.4, -0.2) is 50.8 Å². The van der Waals surface area contributed by atoms with Gasteiger partial charge in [0.05, 0.1) is 34.0 Å². The second-order valence-corrected chi connectivity index (χ2v) is 16.1. The van der Waals surface area contributed by atoms with Crippen molar-refractivity contribution < 1.29 is 40.3 Å². The fraction of sp³-hybridized carbons (Fsp3) is 0.140. The Bertz CT molecular complexity index is 2580. The van der Waals surface area contributed by atoms with Crippen LogP contribution in [-0.2, 0) is 27.3 Å². The van der Waals surface area contributed by atoms with Crippen LogP contribution in [0.15, 0.2) is 143 Å².